The standard InChI is InChI=1S/C17H20BrFN2/c1-12-2-4-13(5-3-12)6-7-17(21-20)10-14-8-15(18)11-16(19)9-14/h2-5,8-9,11,17,21H,6-7,10,20H2,1H3. The second-order valence-corrected chi connectivity index (χ2v) is 6.29. The van der Waals surface area contributed by atoms with E-state index in [4.69, 9.17) is 5.84 Å². The molecule has 2 nitrogen and oxygen atoms in total. The molecule has 1 atom stereocenters. The zero-order chi connectivity index (χ0) is 15.2. The van der Waals surface area contributed by atoms with E-state index >= 15 is 0 Å². The van der Waals surface area contributed by atoms with Gasteiger partial charge < -0.3 is 0 Å². The fourth-order valence-corrected chi connectivity index (χ4v) is 2.87. The Morgan fingerprint density at radius 2 is 1.86 bits per heavy atom. The van der Waals surface area contributed by atoms with E-state index in [1.165, 1.54) is 17.2 Å². The van der Waals surface area contributed by atoms with Crippen LogP contribution in [0.4, 0.5) is 4.39 Å². The van der Waals surface area contributed by atoms with Crippen LogP contribution in [-0.4, -0.2) is 6.04 Å². The van der Waals surface area contributed by atoms with Crippen LogP contribution >= 0.6 is 15.9 Å². The van der Waals surface area contributed by atoms with E-state index in [1.54, 1.807) is 6.07 Å². The molecule has 0 bridgehead atoms. The molecule has 0 fully saturated rings. The Morgan fingerprint density at radius 3 is 2.48 bits per heavy atom. The maximum atomic E-state index is 13.4. The molecule has 0 spiro atoms. The van der Waals surface area contributed by atoms with Crippen molar-refractivity contribution in [1.82, 2.24) is 5.43 Å². The van der Waals surface area contributed by atoms with E-state index in [0.29, 0.717) is 6.42 Å². The average molecular weight is 351 g/mol. The van der Waals surface area contributed by atoms with Gasteiger partial charge in [-0.1, -0.05) is 45.8 Å². The lowest BCUT2D eigenvalue weighted by molar-refractivity contribution is 0.490. The average Bonchev–Trinajstić information content (AvgIpc) is 2.44. The third kappa shape index (κ3) is 5.23. The molecule has 0 heterocycles. The minimum absolute atomic E-state index is 0.125. The predicted molar refractivity (Wildman–Crippen MR) is 88.4 cm³/mol. The molecule has 0 aliphatic carbocycles. The van der Waals surface area contributed by atoms with Crippen LogP contribution in [0.5, 0.6) is 0 Å². The molecule has 21 heavy (non-hydrogen) atoms. The maximum absolute atomic E-state index is 13.4. The fourth-order valence-electron chi connectivity index (χ4n) is 2.35. The first-order valence-electron chi connectivity index (χ1n) is 7.03. The van der Waals surface area contributed by atoms with Crippen molar-refractivity contribution in [3.63, 3.8) is 0 Å². The number of rotatable bonds is 6. The van der Waals surface area contributed by atoms with Crippen molar-refractivity contribution in [2.45, 2.75) is 32.2 Å². The second kappa shape index (κ2) is 7.69. The molecule has 0 amide bonds. The summed E-state index contributed by atoms with van der Waals surface area (Å²) in [4.78, 5) is 0. The summed E-state index contributed by atoms with van der Waals surface area (Å²) >= 11 is 3.32. The molecule has 1 unspecified atom stereocenters. The molecule has 0 aromatic heterocycles. The van der Waals surface area contributed by atoms with E-state index in [1.807, 2.05) is 6.07 Å². The van der Waals surface area contributed by atoms with Gasteiger partial charge in [-0.05, 0) is 55.5 Å². The molecule has 112 valence electrons. The highest BCUT2D eigenvalue weighted by molar-refractivity contribution is 9.10. The minimum Gasteiger partial charge on any atom is -0.271 e. The maximum Gasteiger partial charge on any atom is 0.124 e. The highest BCUT2D eigenvalue weighted by atomic mass is 79.9. The van der Waals surface area contributed by atoms with E-state index in [9.17, 15) is 4.39 Å². The Kier molecular flexibility index (Phi) is 5.91. The molecule has 0 aliphatic heterocycles. The molecule has 4 heteroatoms. The highest BCUT2D eigenvalue weighted by Gasteiger charge is 2.09. The zero-order valence-corrected chi connectivity index (χ0v) is 13.7. The first-order chi connectivity index (χ1) is 10.1. The van der Waals surface area contributed by atoms with Crippen molar-refractivity contribution in [3.05, 3.63) is 69.4 Å². The van der Waals surface area contributed by atoms with E-state index in [0.717, 1.165) is 22.9 Å². The molecular formula is C17H20BrFN2. The number of nitrogens with one attached hydrogen (secondary N) is 1. The van der Waals surface area contributed by atoms with Gasteiger partial charge in [-0.25, -0.2) is 4.39 Å². The Morgan fingerprint density at radius 1 is 1.14 bits per heavy atom. The van der Waals surface area contributed by atoms with E-state index in [-0.39, 0.29) is 11.9 Å². The number of hydrogen-bond acceptors (Lipinski definition) is 2. The van der Waals surface area contributed by atoms with Crippen molar-refractivity contribution in [2.24, 2.45) is 5.84 Å². The number of halogens is 2. The van der Waals surface area contributed by atoms with Gasteiger partial charge in [0.2, 0.25) is 0 Å². The quantitative estimate of drug-likeness (QED) is 0.612. The minimum atomic E-state index is -0.228. The number of nitrogens with two attached hydrogens (primary N) is 1. The van der Waals surface area contributed by atoms with Gasteiger partial charge in [0, 0.05) is 10.5 Å². The van der Waals surface area contributed by atoms with Gasteiger partial charge in [-0.2, -0.15) is 0 Å². The summed E-state index contributed by atoms with van der Waals surface area (Å²) in [6.45, 7) is 2.08. The normalized spacial score (nSPS) is 12.4. The highest BCUT2D eigenvalue weighted by Crippen LogP contribution is 2.17. The van der Waals surface area contributed by atoms with Crippen molar-refractivity contribution in [3.8, 4) is 0 Å². The summed E-state index contributed by atoms with van der Waals surface area (Å²) < 4.78 is 14.1. The smallest absolute Gasteiger partial charge is 0.124 e. The van der Waals surface area contributed by atoms with Crippen molar-refractivity contribution in [2.75, 3.05) is 0 Å². The molecule has 0 saturated carbocycles. The molecule has 0 aliphatic rings. The van der Waals surface area contributed by atoms with Crippen LogP contribution in [0, 0.1) is 12.7 Å². The molecule has 2 aromatic rings. The lowest BCUT2D eigenvalue weighted by Crippen LogP contribution is -2.37. The second-order valence-electron chi connectivity index (χ2n) is 5.37. The molecule has 0 radical (unpaired) electrons. The molecule has 3 N–H and O–H groups in total. The van der Waals surface area contributed by atoms with Crippen molar-refractivity contribution >= 4 is 15.9 Å². The number of benzene rings is 2. The van der Waals surface area contributed by atoms with Crippen LogP contribution in [-0.2, 0) is 12.8 Å². The van der Waals surface area contributed by atoms with Crippen LogP contribution < -0.4 is 11.3 Å². The van der Waals surface area contributed by atoms with Crippen LogP contribution in [0.25, 0.3) is 0 Å². The van der Waals surface area contributed by atoms with Crippen molar-refractivity contribution in [1.29, 1.82) is 0 Å². The Labute approximate surface area is 133 Å². The van der Waals surface area contributed by atoms with Crippen LogP contribution in [0.2, 0.25) is 0 Å². The lowest BCUT2D eigenvalue weighted by Gasteiger charge is -2.16. The van der Waals surface area contributed by atoms with Gasteiger partial charge in [-0.3, -0.25) is 11.3 Å². The summed E-state index contributed by atoms with van der Waals surface area (Å²) in [6.07, 6.45) is 2.57. The summed E-state index contributed by atoms with van der Waals surface area (Å²) in [5.74, 6) is 5.40. The van der Waals surface area contributed by atoms with Gasteiger partial charge in [0.25, 0.3) is 0 Å². The van der Waals surface area contributed by atoms with Gasteiger partial charge in [0.15, 0.2) is 0 Å². The molecule has 0 saturated heterocycles. The van der Waals surface area contributed by atoms with Gasteiger partial charge in [0.1, 0.15) is 5.82 Å². The van der Waals surface area contributed by atoms with E-state index in [2.05, 4.69) is 52.5 Å². The van der Waals surface area contributed by atoms with Crippen LogP contribution in [0.3, 0.4) is 0 Å². The van der Waals surface area contributed by atoms with Gasteiger partial charge in [-0.15, -0.1) is 0 Å². The lowest BCUT2D eigenvalue weighted by atomic mass is 9.99. The SMILES string of the molecule is Cc1ccc(CCC(Cc2cc(F)cc(Br)c2)NN)cc1. The Bertz CT molecular complexity index is 564. The molecule has 2 rings (SSSR count). The first kappa shape index (κ1) is 16.1. The Hall–Kier alpha value is -1.23. The third-order valence-corrected chi connectivity index (χ3v) is 4.00. The zero-order valence-electron chi connectivity index (χ0n) is 12.1. The third-order valence-electron chi connectivity index (χ3n) is 3.54. The predicted octanol–water partition coefficient (Wildman–Crippen LogP) is 3.90. The summed E-state index contributed by atoms with van der Waals surface area (Å²) in [7, 11) is 0. The van der Waals surface area contributed by atoms with E-state index < -0.39 is 0 Å². The largest absolute Gasteiger partial charge is 0.271 e. The Balaban J connectivity index is 1.95. The van der Waals surface area contributed by atoms with Gasteiger partial charge in [0.05, 0.1) is 0 Å². The molecule has 2 aromatic carbocycles. The summed E-state index contributed by atoms with van der Waals surface area (Å²) in [5.41, 5.74) is 6.33. The van der Waals surface area contributed by atoms with Gasteiger partial charge >= 0.3 is 0 Å². The monoisotopic (exact) mass is 350 g/mol. The fraction of sp³-hybridized carbons (Fsp3) is 0.294. The van der Waals surface area contributed by atoms with Crippen LogP contribution in [0.1, 0.15) is 23.1 Å². The number of hydrazine groups is 1. The molecular weight excluding hydrogens is 331 g/mol. The summed E-state index contributed by atoms with van der Waals surface area (Å²) in [5, 5.41) is 0. The van der Waals surface area contributed by atoms with Crippen LogP contribution in [0.15, 0.2) is 46.9 Å². The number of hydrogen-bond donors (Lipinski definition) is 2. The summed E-state index contributed by atoms with van der Waals surface area (Å²) in [6, 6.07) is 13.6. The first-order valence-corrected chi connectivity index (χ1v) is 7.83. The van der Waals surface area contributed by atoms with Crippen molar-refractivity contribution < 1.29 is 4.39 Å². The number of aryl methyl sites for hydroxylation is 2. The topological polar surface area (TPSA) is 38.0 Å².